The molecule has 2 aromatic rings. The molecule has 1 aromatic heterocycles. The van der Waals surface area contributed by atoms with Gasteiger partial charge in [0, 0.05) is 11.0 Å². The summed E-state index contributed by atoms with van der Waals surface area (Å²) in [5.74, 6) is -0.689. The van der Waals surface area contributed by atoms with Crippen LogP contribution in [0.3, 0.4) is 0 Å². The Balaban J connectivity index is 1.80. The van der Waals surface area contributed by atoms with Crippen molar-refractivity contribution < 1.29 is 14.3 Å². The lowest BCUT2D eigenvalue weighted by Crippen LogP contribution is -2.14. The summed E-state index contributed by atoms with van der Waals surface area (Å²) in [6.07, 6.45) is 6.97. The molecule has 1 aliphatic rings. The second kappa shape index (κ2) is 8.91. The number of rotatable bonds is 5. The quantitative estimate of drug-likeness (QED) is 0.490. The minimum absolute atomic E-state index is 0.300. The van der Waals surface area contributed by atoms with E-state index >= 15 is 0 Å². The van der Waals surface area contributed by atoms with Crippen molar-refractivity contribution in [2.75, 3.05) is 11.9 Å². The van der Waals surface area contributed by atoms with Crippen molar-refractivity contribution in [1.29, 1.82) is 0 Å². The van der Waals surface area contributed by atoms with Crippen molar-refractivity contribution in [2.24, 2.45) is 0 Å². The molecule has 0 bridgehead atoms. The van der Waals surface area contributed by atoms with Gasteiger partial charge in [-0.1, -0.05) is 29.3 Å². The number of anilines is 1. The largest absolute Gasteiger partial charge is 0.462 e. The number of esters is 1. The van der Waals surface area contributed by atoms with E-state index in [1.807, 2.05) is 0 Å². The zero-order chi connectivity index (χ0) is 19.4. The molecule has 0 radical (unpaired) electrons. The first-order valence-electron chi connectivity index (χ1n) is 8.75. The molecule has 27 heavy (non-hydrogen) atoms. The van der Waals surface area contributed by atoms with Crippen molar-refractivity contribution in [3.63, 3.8) is 0 Å². The molecule has 1 aliphatic carbocycles. The van der Waals surface area contributed by atoms with Gasteiger partial charge in [-0.3, -0.25) is 4.79 Å². The van der Waals surface area contributed by atoms with Gasteiger partial charge in [0.2, 0.25) is 5.91 Å². The van der Waals surface area contributed by atoms with Crippen LogP contribution in [0.5, 0.6) is 0 Å². The van der Waals surface area contributed by atoms with Crippen molar-refractivity contribution in [3.05, 3.63) is 55.9 Å². The van der Waals surface area contributed by atoms with E-state index in [4.69, 9.17) is 27.9 Å². The van der Waals surface area contributed by atoms with Crippen LogP contribution in [0.2, 0.25) is 10.0 Å². The van der Waals surface area contributed by atoms with Gasteiger partial charge in [0.1, 0.15) is 5.00 Å². The van der Waals surface area contributed by atoms with E-state index in [0.29, 0.717) is 27.2 Å². The summed E-state index contributed by atoms with van der Waals surface area (Å²) in [6.45, 7) is 2.07. The van der Waals surface area contributed by atoms with E-state index in [9.17, 15) is 9.59 Å². The molecule has 1 aromatic carbocycles. The molecule has 4 nitrogen and oxygen atoms in total. The molecule has 0 fully saturated rings. The Morgan fingerprint density at radius 1 is 1.22 bits per heavy atom. The number of fused-ring (bicyclic) bond motifs is 1. The maximum atomic E-state index is 12.4. The highest BCUT2D eigenvalue weighted by atomic mass is 35.5. The van der Waals surface area contributed by atoms with E-state index < -0.39 is 0 Å². The highest BCUT2D eigenvalue weighted by molar-refractivity contribution is 7.17. The van der Waals surface area contributed by atoms with Gasteiger partial charge >= 0.3 is 5.97 Å². The van der Waals surface area contributed by atoms with Gasteiger partial charge in [-0.25, -0.2) is 4.79 Å². The SMILES string of the molecule is CCOC(=O)c1c(NC(=O)/C=C/c2ccc(Cl)c(Cl)c2)sc2c1CCCC2. The van der Waals surface area contributed by atoms with Crippen LogP contribution in [0.15, 0.2) is 24.3 Å². The summed E-state index contributed by atoms with van der Waals surface area (Å²) < 4.78 is 5.20. The minimum Gasteiger partial charge on any atom is -0.462 e. The van der Waals surface area contributed by atoms with E-state index in [-0.39, 0.29) is 11.9 Å². The zero-order valence-electron chi connectivity index (χ0n) is 14.8. The third-order valence-corrected chi connectivity index (χ3v) is 6.20. The first-order chi connectivity index (χ1) is 13.0. The van der Waals surface area contributed by atoms with Gasteiger partial charge in [-0.05, 0) is 61.9 Å². The molecule has 0 saturated heterocycles. The van der Waals surface area contributed by atoms with Gasteiger partial charge in [0.05, 0.1) is 22.2 Å². The Morgan fingerprint density at radius 3 is 2.74 bits per heavy atom. The molecule has 7 heteroatoms. The van der Waals surface area contributed by atoms with Crippen molar-refractivity contribution in [1.82, 2.24) is 0 Å². The average molecular weight is 424 g/mol. The smallest absolute Gasteiger partial charge is 0.341 e. The summed E-state index contributed by atoms with van der Waals surface area (Å²) in [5, 5.41) is 4.28. The molecule has 0 atom stereocenters. The van der Waals surface area contributed by atoms with Crippen molar-refractivity contribution in [3.8, 4) is 0 Å². The molecule has 1 amide bonds. The predicted octanol–water partition coefficient (Wildman–Crippen LogP) is 5.76. The first kappa shape index (κ1) is 19.9. The molecule has 0 aliphatic heterocycles. The Morgan fingerprint density at radius 2 is 2.00 bits per heavy atom. The summed E-state index contributed by atoms with van der Waals surface area (Å²) >= 11 is 13.3. The number of aryl methyl sites for hydroxylation is 1. The lowest BCUT2D eigenvalue weighted by Gasteiger charge is -2.12. The maximum Gasteiger partial charge on any atom is 0.341 e. The number of ether oxygens (including phenoxy) is 1. The summed E-state index contributed by atoms with van der Waals surface area (Å²) in [5.41, 5.74) is 2.29. The van der Waals surface area contributed by atoms with E-state index in [0.717, 1.165) is 41.7 Å². The monoisotopic (exact) mass is 423 g/mol. The minimum atomic E-state index is -0.374. The second-order valence-electron chi connectivity index (χ2n) is 6.13. The third-order valence-electron chi connectivity index (χ3n) is 4.26. The van der Waals surface area contributed by atoms with Crippen LogP contribution < -0.4 is 5.32 Å². The third kappa shape index (κ3) is 4.72. The maximum absolute atomic E-state index is 12.4. The molecule has 142 valence electrons. The van der Waals surface area contributed by atoms with Crippen molar-refractivity contribution >= 4 is 57.5 Å². The summed E-state index contributed by atoms with van der Waals surface area (Å²) in [7, 11) is 0. The number of nitrogens with one attached hydrogen (secondary N) is 1. The van der Waals surface area contributed by atoms with Crippen LogP contribution in [0.1, 0.15) is 46.1 Å². The van der Waals surface area contributed by atoms with E-state index in [1.165, 1.54) is 17.4 Å². The van der Waals surface area contributed by atoms with Gasteiger partial charge in [-0.15, -0.1) is 11.3 Å². The highest BCUT2D eigenvalue weighted by Gasteiger charge is 2.26. The molecule has 3 rings (SSSR count). The molecular weight excluding hydrogens is 405 g/mol. The highest BCUT2D eigenvalue weighted by Crippen LogP contribution is 2.38. The van der Waals surface area contributed by atoms with E-state index in [1.54, 1.807) is 31.2 Å². The lowest BCUT2D eigenvalue weighted by molar-refractivity contribution is -0.111. The number of hydrogen-bond acceptors (Lipinski definition) is 4. The number of carbonyl (C=O) groups excluding carboxylic acids is 2. The second-order valence-corrected chi connectivity index (χ2v) is 8.05. The molecule has 0 saturated carbocycles. The molecule has 0 unspecified atom stereocenters. The predicted molar refractivity (Wildman–Crippen MR) is 111 cm³/mol. The first-order valence-corrected chi connectivity index (χ1v) is 10.3. The Bertz CT molecular complexity index is 905. The number of hydrogen-bond donors (Lipinski definition) is 1. The Hall–Kier alpha value is -1.82. The van der Waals surface area contributed by atoms with Crippen LogP contribution in [-0.4, -0.2) is 18.5 Å². The number of amides is 1. The van der Waals surface area contributed by atoms with Crippen LogP contribution in [0.25, 0.3) is 6.08 Å². The van der Waals surface area contributed by atoms with Crippen LogP contribution in [0.4, 0.5) is 5.00 Å². The molecule has 1 heterocycles. The van der Waals surface area contributed by atoms with Gasteiger partial charge < -0.3 is 10.1 Å². The molecule has 0 spiro atoms. The zero-order valence-corrected chi connectivity index (χ0v) is 17.1. The normalized spacial score (nSPS) is 13.4. The fraction of sp³-hybridized carbons (Fsp3) is 0.300. The van der Waals surface area contributed by atoms with E-state index in [2.05, 4.69) is 5.32 Å². The Labute approximate surface area is 172 Å². The van der Waals surface area contributed by atoms with Gasteiger partial charge in [-0.2, -0.15) is 0 Å². The fourth-order valence-electron chi connectivity index (χ4n) is 3.01. The molecular formula is C20H19Cl2NO3S. The standard InChI is InChI=1S/C20H19Cl2NO3S/c1-2-26-20(25)18-13-5-3-4-6-16(13)27-19(18)23-17(24)10-8-12-7-9-14(21)15(22)11-12/h7-11H,2-6H2,1H3,(H,23,24)/b10-8+. The average Bonchev–Trinajstić information content (AvgIpc) is 3.00. The molecule has 1 N–H and O–H groups in total. The number of benzene rings is 1. The Kier molecular flexibility index (Phi) is 6.58. The van der Waals surface area contributed by atoms with Gasteiger partial charge in [0.25, 0.3) is 0 Å². The van der Waals surface area contributed by atoms with Crippen LogP contribution >= 0.6 is 34.5 Å². The van der Waals surface area contributed by atoms with Crippen molar-refractivity contribution in [2.45, 2.75) is 32.6 Å². The number of thiophene rings is 1. The van der Waals surface area contributed by atoms with Crippen LogP contribution in [-0.2, 0) is 22.4 Å². The number of carbonyl (C=O) groups is 2. The summed E-state index contributed by atoms with van der Waals surface area (Å²) in [4.78, 5) is 26.0. The van der Waals surface area contributed by atoms with Crippen LogP contribution in [0, 0.1) is 0 Å². The topological polar surface area (TPSA) is 55.4 Å². The fourth-order valence-corrected chi connectivity index (χ4v) is 4.60. The summed E-state index contributed by atoms with van der Waals surface area (Å²) in [6, 6.07) is 5.13. The lowest BCUT2D eigenvalue weighted by atomic mass is 9.95. The number of halogens is 2. The van der Waals surface area contributed by atoms with Gasteiger partial charge in [0.15, 0.2) is 0 Å².